The molecule has 6 heteroatoms. The fourth-order valence-corrected chi connectivity index (χ4v) is 2.01. The minimum Gasteiger partial charge on any atom is -0.480 e. The van der Waals surface area contributed by atoms with Crippen LogP contribution >= 0.6 is 11.6 Å². The van der Waals surface area contributed by atoms with E-state index in [0.717, 1.165) is 6.42 Å². The number of rotatable bonds is 7. The highest BCUT2D eigenvalue weighted by Crippen LogP contribution is 2.23. The van der Waals surface area contributed by atoms with Crippen LogP contribution < -0.4 is 9.47 Å². The van der Waals surface area contributed by atoms with E-state index in [1.807, 2.05) is 6.92 Å². The van der Waals surface area contributed by atoms with Crippen LogP contribution in [0.3, 0.4) is 0 Å². The lowest BCUT2D eigenvalue weighted by molar-refractivity contribution is -0.136. The summed E-state index contributed by atoms with van der Waals surface area (Å²) in [6.45, 7) is 1.95. The molecule has 0 atom stereocenters. The maximum absolute atomic E-state index is 11.8. The van der Waals surface area contributed by atoms with Gasteiger partial charge < -0.3 is 14.2 Å². The number of benzene rings is 2. The van der Waals surface area contributed by atoms with Gasteiger partial charge in [-0.05, 0) is 36.8 Å². The summed E-state index contributed by atoms with van der Waals surface area (Å²) in [7, 11) is 0. The monoisotopic (exact) mass is 348 g/mol. The summed E-state index contributed by atoms with van der Waals surface area (Å²) in [5.41, 5.74) is 0.320. The van der Waals surface area contributed by atoms with E-state index in [2.05, 4.69) is 0 Å². The zero-order valence-corrected chi connectivity index (χ0v) is 13.9. The van der Waals surface area contributed by atoms with E-state index in [9.17, 15) is 9.59 Å². The molecule has 0 aromatic heterocycles. The van der Waals surface area contributed by atoms with Crippen molar-refractivity contribution < 1.29 is 23.8 Å². The van der Waals surface area contributed by atoms with Crippen molar-refractivity contribution in [1.82, 2.24) is 0 Å². The van der Waals surface area contributed by atoms with Crippen LogP contribution in [0.2, 0.25) is 5.02 Å². The third-order valence-electron chi connectivity index (χ3n) is 2.92. The number of hydrogen-bond donors (Lipinski definition) is 0. The molecule has 0 fully saturated rings. The predicted octanol–water partition coefficient (Wildman–Crippen LogP) is 3.89. The van der Waals surface area contributed by atoms with Crippen molar-refractivity contribution in [2.45, 2.75) is 13.3 Å². The topological polar surface area (TPSA) is 61.8 Å². The normalized spacial score (nSPS) is 10.1. The van der Waals surface area contributed by atoms with E-state index in [1.165, 1.54) is 6.07 Å². The van der Waals surface area contributed by atoms with Gasteiger partial charge in [0, 0.05) is 0 Å². The Balaban J connectivity index is 1.92. The first kappa shape index (κ1) is 17.8. The van der Waals surface area contributed by atoms with Crippen molar-refractivity contribution in [3.05, 3.63) is 59.1 Å². The number of ether oxygens (including phenoxy) is 3. The number of carbonyl (C=O) groups excluding carboxylic acids is 2. The second-order valence-electron chi connectivity index (χ2n) is 4.86. The summed E-state index contributed by atoms with van der Waals surface area (Å²) < 4.78 is 15.5. The molecule has 2 aromatic rings. The van der Waals surface area contributed by atoms with Crippen LogP contribution in [0.15, 0.2) is 48.5 Å². The predicted molar refractivity (Wildman–Crippen MR) is 89.6 cm³/mol. The Morgan fingerprint density at radius 2 is 1.88 bits per heavy atom. The molecule has 0 heterocycles. The molecular weight excluding hydrogens is 332 g/mol. The zero-order chi connectivity index (χ0) is 17.4. The summed E-state index contributed by atoms with van der Waals surface area (Å²) in [6, 6.07) is 13.0. The first-order valence-corrected chi connectivity index (χ1v) is 7.83. The largest absolute Gasteiger partial charge is 0.480 e. The van der Waals surface area contributed by atoms with E-state index in [1.54, 1.807) is 42.5 Å². The fourth-order valence-electron chi connectivity index (χ4n) is 1.82. The molecule has 0 aliphatic heterocycles. The van der Waals surface area contributed by atoms with Crippen molar-refractivity contribution in [2.75, 3.05) is 13.2 Å². The molecule has 5 nitrogen and oxygen atoms in total. The quantitative estimate of drug-likeness (QED) is 0.561. The number of carbonyl (C=O) groups is 2. The first-order chi connectivity index (χ1) is 11.6. The van der Waals surface area contributed by atoms with Gasteiger partial charge in [0.2, 0.25) is 0 Å². The molecule has 2 rings (SSSR count). The summed E-state index contributed by atoms with van der Waals surface area (Å²) in [5.74, 6) is -0.419. The van der Waals surface area contributed by atoms with Gasteiger partial charge in [-0.3, -0.25) is 0 Å². The van der Waals surface area contributed by atoms with Gasteiger partial charge in [-0.2, -0.15) is 0 Å². The second-order valence-corrected chi connectivity index (χ2v) is 5.26. The van der Waals surface area contributed by atoms with E-state index >= 15 is 0 Å². The summed E-state index contributed by atoms with van der Waals surface area (Å²) in [5, 5.41) is 0.408. The smallest absolute Gasteiger partial charge is 0.349 e. The minimum atomic E-state index is -0.603. The van der Waals surface area contributed by atoms with Crippen LogP contribution in [-0.4, -0.2) is 25.2 Å². The molecule has 24 heavy (non-hydrogen) atoms. The average Bonchev–Trinajstić information content (AvgIpc) is 2.59. The molecule has 0 saturated heterocycles. The molecule has 0 spiro atoms. The van der Waals surface area contributed by atoms with Crippen LogP contribution in [0.4, 0.5) is 0 Å². The zero-order valence-electron chi connectivity index (χ0n) is 13.2. The molecule has 126 valence electrons. The van der Waals surface area contributed by atoms with Gasteiger partial charge in [-0.15, -0.1) is 0 Å². The highest BCUT2D eigenvalue weighted by Gasteiger charge is 2.11. The average molecular weight is 349 g/mol. The van der Waals surface area contributed by atoms with Gasteiger partial charge in [0.25, 0.3) is 0 Å². The molecule has 0 amide bonds. The Kier molecular flexibility index (Phi) is 6.63. The van der Waals surface area contributed by atoms with Crippen LogP contribution in [0.5, 0.6) is 11.5 Å². The summed E-state index contributed by atoms with van der Waals surface area (Å²) >= 11 is 5.94. The molecule has 0 bridgehead atoms. The second kappa shape index (κ2) is 8.93. The van der Waals surface area contributed by atoms with Crippen molar-refractivity contribution in [2.24, 2.45) is 0 Å². The maximum atomic E-state index is 11.8. The van der Waals surface area contributed by atoms with Gasteiger partial charge in [0.05, 0.1) is 17.2 Å². The van der Waals surface area contributed by atoms with Crippen molar-refractivity contribution >= 4 is 23.5 Å². The lowest BCUT2D eigenvalue weighted by Gasteiger charge is -2.09. The van der Waals surface area contributed by atoms with Gasteiger partial charge in [-0.25, -0.2) is 9.59 Å². The number of hydrogen-bond acceptors (Lipinski definition) is 5. The Hall–Kier alpha value is -2.53. The highest BCUT2D eigenvalue weighted by molar-refractivity contribution is 6.32. The third-order valence-corrected chi connectivity index (χ3v) is 3.23. The molecule has 0 radical (unpaired) electrons. The minimum absolute atomic E-state index is 0.244. The van der Waals surface area contributed by atoms with Crippen LogP contribution in [0.1, 0.15) is 23.7 Å². The Morgan fingerprint density at radius 1 is 1.08 bits per heavy atom. The van der Waals surface area contributed by atoms with Crippen molar-refractivity contribution in [3.63, 3.8) is 0 Å². The fraction of sp³-hybridized carbons (Fsp3) is 0.222. The van der Waals surface area contributed by atoms with Gasteiger partial charge in [0.1, 0.15) is 11.5 Å². The lowest BCUT2D eigenvalue weighted by atomic mass is 10.2. The summed E-state index contributed by atoms with van der Waals surface area (Å²) in [6.07, 6.45) is 0.736. The van der Waals surface area contributed by atoms with E-state index < -0.39 is 11.9 Å². The van der Waals surface area contributed by atoms with E-state index in [-0.39, 0.29) is 12.4 Å². The van der Waals surface area contributed by atoms with Crippen molar-refractivity contribution in [1.29, 1.82) is 0 Å². The number of para-hydroxylation sites is 1. The Labute approximate surface area is 145 Å². The SMILES string of the molecule is CCCOC(=O)c1cccc(OC(=O)COc2ccccc2Cl)c1. The lowest BCUT2D eigenvalue weighted by Crippen LogP contribution is -2.18. The number of halogens is 1. The summed E-state index contributed by atoms with van der Waals surface area (Å²) in [4.78, 5) is 23.6. The van der Waals surface area contributed by atoms with Gasteiger partial charge in [0.15, 0.2) is 6.61 Å². The van der Waals surface area contributed by atoms with Gasteiger partial charge >= 0.3 is 11.9 Å². The van der Waals surface area contributed by atoms with E-state index in [4.69, 9.17) is 25.8 Å². The molecule has 0 N–H and O–H groups in total. The van der Waals surface area contributed by atoms with Crippen molar-refractivity contribution in [3.8, 4) is 11.5 Å². The van der Waals surface area contributed by atoms with E-state index in [0.29, 0.717) is 22.9 Å². The highest BCUT2D eigenvalue weighted by atomic mass is 35.5. The molecule has 0 unspecified atom stereocenters. The number of esters is 2. The van der Waals surface area contributed by atoms with Crippen LogP contribution in [0, 0.1) is 0 Å². The maximum Gasteiger partial charge on any atom is 0.349 e. The molecule has 0 saturated carbocycles. The first-order valence-electron chi connectivity index (χ1n) is 7.45. The molecule has 0 aliphatic carbocycles. The Morgan fingerprint density at radius 3 is 2.62 bits per heavy atom. The van der Waals surface area contributed by atoms with Gasteiger partial charge in [-0.1, -0.05) is 36.7 Å². The van der Waals surface area contributed by atoms with Crippen LogP contribution in [0.25, 0.3) is 0 Å². The third kappa shape index (κ3) is 5.28. The van der Waals surface area contributed by atoms with Crippen LogP contribution in [-0.2, 0) is 9.53 Å². The standard InChI is InChI=1S/C18H17ClO5/c1-2-10-22-18(21)13-6-5-7-14(11-13)24-17(20)12-23-16-9-4-3-8-15(16)19/h3-9,11H,2,10,12H2,1H3. The molecule has 2 aromatic carbocycles. The molecule has 0 aliphatic rings. The Bertz CT molecular complexity index is 714. The molecular formula is C18H17ClO5.